The lowest BCUT2D eigenvalue weighted by Crippen LogP contribution is -2.42. The maximum atomic E-state index is 11.9. The lowest BCUT2D eigenvalue weighted by atomic mass is 9.89. The van der Waals surface area contributed by atoms with Gasteiger partial charge in [0.15, 0.2) is 6.61 Å². The van der Waals surface area contributed by atoms with E-state index in [1.165, 1.54) is 16.8 Å². The first-order chi connectivity index (χ1) is 13.3. The van der Waals surface area contributed by atoms with Crippen LogP contribution in [0.2, 0.25) is 0 Å². The number of nitrogens with one attached hydrogen (secondary N) is 1. The van der Waals surface area contributed by atoms with E-state index in [2.05, 4.69) is 77.4 Å². The normalized spacial score (nSPS) is 15.2. The average molecular weight is 442 g/mol. The molecule has 2 aromatic carbocycles. The first-order valence-electron chi connectivity index (χ1n) is 9.04. The Labute approximate surface area is 174 Å². The largest absolute Gasteiger partial charge is 0.484 e. The van der Waals surface area contributed by atoms with E-state index >= 15 is 0 Å². The summed E-state index contributed by atoms with van der Waals surface area (Å²) in [6, 6.07) is 13.5. The topological polar surface area (TPSA) is 53.9 Å². The molecule has 1 aliphatic heterocycles. The van der Waals surface area contributed by atoms with Crippen molar-refractivity contribution in [2.24, 2.45) is 5.10 Å². The summed E-state index contributed by atoms with van der Waals surface area (Å²) in [4.78, 5) is 14.2. The van der Waals surface area contributed by atoms with Gasteiger partial charge in [-0.15, -0.1) is 0 Å². The fraction of sp³-hybridized carbons (Fsp3) is 0.273. The first kappa shape index (κ1) is 20.1. The highest BCUT2D eigenvalue weighted by atomic mass is 79.9. The van der Waals surface area contributed by atoms with Crippen molar-refractivity contribution >= 4 is 39.3 Å². The maximum absolute atomic E-state index is 11.9. The Morgan fingerprint density at radius 2 is 2.07 bits per heavy atom. The van der Waals surface area contributed by atoms with Crippen LogP contribution in [-0.4, -0.2) is 31.3 Å². The minimum atomic E-state index is -0.313. The molecule has 0 unspecified atom stereocenters. The predicted octanol–water partition coefficient (Wildman–Crippen LogP) is 4.61. The van der Waals surface area contributed by atoms with E-state index in [1.54, 1.807) is 18.3 Å². The van der Waals surface area contributed by atoms with Crippen LogP contribution in [0.25, 0.3) is 5.57 Å². The quantitative estimate of drug-likeness (QED) is 0.544. The second kappa shape index (κ2) is 8.19. The van der Waals surface area contributed by atoms with Crippen molar-refractivity contribution in [2.75, 3.05) is 18.6 Å². The van der Waals surface area contributed by atoms with Crippen molar-refractivity contribution in [3.63, 3.8) is 0 Å². The Morgan fingerprint density at radius 1 is 1.29 bits per heavy atom. The highest BCUT2D eigenvalue weighted by Gasteiger charge is 2.28. The molecule has 0 fully saturated rings. The van der Waals surface area contributed by atoms with Crippen molar-refractivity contribution in [2.45, 2.75) is 26.3 Å². The monoisotopic (exact) mass is 441 g/mol. The van der Waals surface area contributed by atoms with Gasteiger partial charge in [-0.05, 0) is 62.2 Å². The fourth-order valence-electron chi connectivity index (χ4n) is 3.17. The fourth-order valence-corrected chi connectivity index (χ4v) is 3.55. The van der Waals surface area contributed by atoms with E-state index in [0.29, 0.717) is 5.75 Å². The van der Waals surface area contributed by atoms with Crippen molar-refractivity contribution in [3.05, 3.63) is 64.1 Å². The molecule has 0 saturated heterocycles. The van der Waals surface area contributed by atoms with Crippen LogP contribution in [0.3, 0.4) is 0 Å². The summed E-state index contributed by atoms with van der Waals surface area (Å²) in [6.45, 7) is 6.41. The van der Waals surface area contributed by atoms with E-state index in [-0.39, 0.29) is 18.1 Å². The van der Waals surface area contributed by atoms with Crippen LogP contribution in [0.1, 0.15) is 31.9 Å². The van der Waals surface area contributed by atoms with Gasteiger partial charge in [0.2, 0.25) is 0 Å². The third-order valence-corrected chi connectivity index (χ3v) is 5.30. The average Bonchev–Trinajstić information content (AvgIpc) is 2.64. The summed E-state index contributed by atoms with van der Waals surface area (Å²) < 4.78 is 6.34. The molecule has 1 heterocycles. The van der Waals surface area contributed by atoms with Crippen LogP contribution < -0.4 is 15.1 Å². The minimum Gasteiger partial charge on any atom is -0.484 e. The van der Waals surface area contributed by atoms with Crippen molar-refractivity contribution in [1.82, 2.24) is 5.43 Å². The number of benzene rings is 2. The number of carbonyl (C=O) groups excluding carboxylic acids is 1. The third kappa shape index (κ3) is 4.62. The molecule has 3 rings (SSSR count). The van der Waals surface area contributed by atoms with Gasteiger partial charge in [0.05, 0.1) is 11.8 Å². The molecule has 28 heavy (non-hydrogen) atoms. The van der Waals surface area contributed by atoms with Crippen molar-refractivity contribution in [1.29, 1.82) is 0 Å². The standard InChI is InChI=1S/C22H24BrN3O2/c1-15-12-22(2,3)26(4)20-9-8-16(10-19(15)20)13-24-25-21(27)14-28-18-7-5-6-17(23)11-18/h5-13H,14H2,1-4H3,(H,25,27)/b24-13-. The number of amides is 1. The van der Waals surface area contributed by atoms with Gasteiger partial charge >= 0.3 is 0 Å². The second-order valence-corrected chi connectivity index (χ2v) is 8.27. The number of anilines is 1. The predicted molar refractivity (Wildman–Crippen MR) is 118 cm³/mol. The molecule has 146 valence electrons. The van der Waals surface area contributed by atoms with Gasteiger partial charge in [-0.1, -0.05) is 34.1 Å². The van der Waals surface area contributed by atoms with E-state index in [0.717, 1.165) is 10.0 Å². The van der Waals surface area contributed by atoms with E-state index in [1.807, 2.05) is 18.2 Å². The molecular formula is C22H24BrN3O2. The van der Waals surface area contributed by atoms with Crippen molar-refractivity contribution < 1.29 is 9.53 Å². The number of likely N-dealkylation sites (N-methyl/N-ethyl adjacent to an activating group) is 1. The van der Waals surface area contributed by atoms with Gasteiger partial charge < -0.3 is 9.64 Å². The summed E-state index contributed by atoms with van der Waals surface area (Å²) in [5.74, 6) is 0.309. The van der Waals surface area contributed by atoms with Gasteiger partial charge in [-0.25, -0.2) is 5.43 Å². The molecule has 0 bridgehead atoms. The van der Waals surface area contributed by atoms with Crippen LogP contribution in [-0.2, 0) is 4.79 Å². The molecule has 0 aliphatic carbocycles. The van der Waals surface area contributed by atoms with E-state index in [4.69, 9.17) is 4.74 Å². The van der Waals surface area contributed by atoms with Crippen LogP contribution in [0.5, 0.6) is 5.75 Å². The lowest BCUT2D eigenvalue weighted by molar-refractivity contribution is -0.123. The molecule has 2 aromatic rings. The van der Waals surface area contributed by atoms with Crippen LogP contribution in [0.4, 0.5) is 5.69 Å². The molecule has 1 amide bonds. The Bertz CT molecular complexity index is 951. The molecule has 5 nitrogen and oxygen atoms in total. The summed E-state index contributed by atoms with van der Waals surface area (Å²) in [7, 11) is 2.10. The lowest BCUT2D eigenvalue weighted by Gasteiger charge is -2.40. The summed E-state index contributed by atoms with van der Waals surface area (Å²) in [5, 5.41) is 4.05. The Morgan fingerprint density at radius 3 is 2.82 bits per heavy atom. The van der Waals surface area contributed by atoms with Gasteiger partial charge in [-0.2, -0.15) is 5.10 Å². The molecule has 6 heteroatoms. The number of hydrogen-bond acceptors (Lipinski definition) is 4. The zero-order valence-corrected chi connectivity index (χ0v) is 18.1. The highest BCUT2D eigenvalue weighted by Crippen LogP contribution is 2.37. The van der Waals surface area contributed by atoms with Crippen LogP contribution in [0.15, 0.2) is 58.1 Å². The molecule has 0 atom stereocenters. The zero-order valence-electron chi connectivity index (χ0n) is 16.5. The zero-order chi connectivity index (χ0) is 20.3. The molecule has 0 aromatic heterocycles. The van der Waals surface area contributed by atoms with Gasteiger partial charge in [-0.3, -0.25) is 4.79 Å². The van der Waals surface area contributed by atoms with Crippen LogP contribution in [0, 0.1) is 0 Å². The number of allylic oxidation sites excluding steroid dienone is 1. The number of hydrazone groups is 1. The Balaban J connectivity index is 1.61. The Hall–Kier alpha value is -2.60. The SMILES string of the molecule is CC1=CC(C)(C)N(C)c2ccc(/C=N\NC(=O)COc3cccc(Br)c3)cc21. The summed E-state index contributed by atoms with van der Waals surface area (Å²) in [5.41, 5.74) is 7.00. The highest BCUT2D eigenvalue weighted by molar-refractivity contribution is 9.10. The summed E-state index contributed by atoms with van der Waals surface area (Å²) >= 11 is 3.37. The number of hydrogen-bond donors (Lipinski definition) is 1. The number of carbonyl (C=O) groups is 1. The van der Waals surface area contributed by atoms with Gasteiger partial charge in [0.25, 0.3) is 5.91 Å². The minimum absolute atomic E-state index is 0.0188. The molecule has 0 spiro atoms. The number of halogens is 1. The van der Waals surface area contributed by atoms with Crippen molar-refractivity contribution in [3.8, 4) is 5.75 Å². The van der Waals surface area contributed by atoms with E-state index < -0.39 is 0 Å². The van der Waals surface area contributed by atoms with E-state index in [9.17, 15) is 4.79 Å². The van der Waals surface area contributed by atoms with Crippen LogP contribution >= 0.6 is 15.9 Å². The summed E-state index contributed by atoms with van der Waals surface area (Å²) in [6.07, 6.45) is 3.90. The number of rotatable bonds is 5. The number of ether oxygens (including phenoxy) is 1. The third-order valence-electron chi connectivity index (χ3n) is 4.81. The first-order valence-corrected chi connectivity index (χ1v) is 9.83. The molecular weight excluding hydrogens is 418 g/mol. The maximum Gasteiger partial charge on any atom is 0.277 e. The second-order valence-electron chi connectivity index (χ2n) is 7.36. The van der Waals surface area contributed by atoms with Gasteiger partial charge in [0, 0.05) is 22.8 Å². The molecule has 0 saturated carbocycles. The molecule has 0 radical (unpaired) electrons. The number of nitrogens with zero attached hydrogens (tertiary/aromatic N) is 2. The molecule has 1 N–H and O–H groups in total. The Kier molecular flexibility index (Phi) is 5.89. The van der Waals surface area contributed by atoms with Gasteiger partial charge in [0.1, 0.15) is 5.75 Å². The molecule has 1 aliphatic rings. The number of fused-ring (bicyclic) bond motifs is 1. The smallest absolute Gasteiger partial charge is 0.277 e.